The molecule has 1 saturated carbocycles. The summed E-state index contributed by atoms with van der Waals surface area (Å²) in [6.07, 6.45) is 14.0. The zero-order chi connectivity index (χ0) is 13.5. The molecule has 2 aliphatic rings. The van der Waals surface area contributed by atoms with Crippen LogP contribution in [0, 0.1) is 59.3 Å². The van der Waals surface area contributed by atoms with Gasteiger partial charge in [0.05, 0.1) is 0 Å². The molecule has 0 atom stereocenters. The van der Waals surface area contributed by atoms with Crippen molar-refractivity contribution < 1.29 is 19.5 Å². The zero-order valence-corrected chi connectivity index (χ0v) is 19.1. The molecule has 2 rings (SSSR count). The van der Waals surface area contributed by atoms with Gasteiger partial charge in [0.1, 0.15) is 0 Å². The Morgan fingerprint density at radius 2 is 0.565 bits per heavy atom. The first-order chi connectivity index (χ1) is 8.55. The minimum Gasteiger partial charge on any atom is -0.358 e. The largest absolute Gasteiger partial charge is 4.00 e. The molecule has 2 aliphatic carbocycles. The van der Waals surface area contributed by atoms with Gasteiger partial charge in [-0.3, -0.25) is 0 Å². The molecule has 0 nitrogen and oxygen atoms in total. The minimum absolute atomic E-state index is 0. The van der Waals surface area contributed by atoms with Crippen LogP contribution in [-0.4, -0.2) is 0 Å². The monoisotopic (exact) mass is 410 g/mol. The van der Waals surface area contributed by atoms with E-state index >= 15 is 0 Å². The second-order valence-electron chi connectivity index (χ2n) is 6.39. The Morgan fingerprint density at radius 3 is 0.696 bits per heavy atom. The summed E-state index contributed by atoms with van der Waals surface area (Å²) in [5.74, 6) is 4.68. The molecular formula is C22H44Ru. The first kappa shape index (κ1) is 34.4. The molecule has 0 aliphatic heterocycles. The topological polar surface area (TPSA) is 0 Å². The van der Waals surface area contributed by atoms with Crippen molar-refractivity contribution in [1.82, 2.24) is 0 Å². The number of hydrogen-bond acceptors (Lipinski definition) is 0. The van der Waals surface area contributed by atoms with Crippen molar-refractivity contribution in [2.24, 2.45) is 29.6 Å². The summed E-state index contributed by atoms with van der Waals surface area (Å²) in [7, 11) is 0. The van der Waals surface area contributed by atoms with Crippen LogP contribution in [0.2, 0.25) is 0 Å². The molecule has 0 N–H and O–H groups in total. The van der Waals surface area contributed by atoms with Crippen molar-refractivity contribution in [1.29, 1.82) is 0 Å². The Balaban J connectivity index is -0.0000000782. The van der Waals surface area contributed by atoms with Gasteiger partial charge in [-0.1, -0.05) is 58.9 Å². The molecule has 0 bridgehead atoms. The summed E-state index contributed by atoms with van der Waals surface area (Å²) in [5, 5.41) is 0. The SMILES string of the molecule is C1=CCC/C=C\CC1.CC1C(C)C(C)C(C)C1C.[CH3-].[CH3-].[CH3-].[CH3-].[Ru+4]. The Hall–Kier alpha value is 0.103. The second-order valence-corrected chi connectivity index (χ2v) is 6.39. The van der Waals surface area contributed by atoms with E-state index in [1.807, 2.05) is 0 Å². The molecule has 0 aromatic heterocycles. The Labute approximate surface area is 163 Å². The van der Waals surface area contributed by atoms with Crippen LogP contribution in [0.25, 0.3) is 0 Å². The predicted octanol–water partition coefficient (Wildman–Crippen LogP) is 7.65. The van der Waals surface area contributed by atoms with E-state index in [1.165, 1.54) is 25.7 Å². The molecule has 0 heterocycles. The first-order valence-corrected chi connectivity index (χ1v) is 7.85. The summed E-state index contributed by atoms with van der Waals surface area (Å²) in [6, 6.07) is 0. The van der Waals surface area contributed by atoms with Crippen molar-refractivity contribution in [2.45, 2.75) is 60.3 Å². The standard InChI is InChI=1S/C10H20.C8H12.4CH3.Ru/c1-6-7(2)9(4)10(5)8(6)3;1-2-4-6-8-7-5-3-1;;;;;/h6-10H,1-5H3;1-2,7-8H,3-6H2;4*1H3;/q;;4*-1;+4/b;2-1-,8-7?;;;;;. The first-order valence-electron chi connectivity index (χ1n) is 7.85. The van der Waals surface area contributed by atoms with Gasteiger partial charge in [-0.25, -0.2) is 0 Å². The van der Waals surface area contributed by atoms with E-state index in [9.17, 15) is 0 Å². The summed E-state index contributed by atoms with van der Waals surface area (Å²) < 4.78 is 0. The van der Waals surface area contributed by atoms with Crippen LogP contribution in [0.5, 0.6) is 0 Å². The van der Waals surface area contributed by atoms with Crippen molar-refractivity contribution in [3.8, 4) is 0 Å². The average molecular weight is 410 g/mol. The summed E-state index contributed by atoms with van der Waals surface area (Å²) in [4.78, 5) is 0. The summed E-state index contributed by atoms with van der Waals surface area (Å²) in [6.45, 7) is 12.0. The number of allylic oxidation sites excluding steroid dienone is 4. The van der Waals surface area contributed by atoms with Crippen LogP contribution in [-0.2, 0) is 19.5 Å². The molecule has 0 saturated heterocycles. The molecule has 1 fully saturated rings. The van der Waals surface area contributed by atoms with Gasteiger partial charge < -0.3 is 29.7 Å². The Bertz CT molecular complexity index is 209. The molecule has 0 aromatic rings. The van der Waals surface area contributed by atoms with Gasteiger partial charge in [0, 0.05) is 0 Å². The van der Waals surface area contributed by atoms with Gasteiger partial charge in [0.15, 0.2) is 0 Å². The molecule has 0 amide bonds. The van der Waals surface area contributed by atoms with E-state index in [2.05, 4.69) is 58.9 Å². The second kappa shape index (κ2) is 18.4. The number of rotatable bonds is 0. The van der Waals surface area contributed by atoms with Gasteiger partial charge in [-0.05, 0) is 55.3 Å². The maximum Gasteiger partial charge on any atom is 4.00 e. The van der Waals surface area contributed by atoms with Crippen molar-refractivity contribution in [3.63, 3.8) is 0 Å². The Morgan fingerprint density at radius 1 is 0.435 bits per heavy atom. The molecule has 1 heteroatoms. The molecule has 0 aromatic carbocycles. The molecule has 23 heavy (non-hydrogen) atoms. The maximum atomic E-state index is 2.40. The molecule has 0 unspecified atom stereocenters. The van der Waals surface area contributed by atoms with Crippen molar-refractivity contribution in [2.75, 3.05) is 0 Å². The van der Waals surface area contributed by atoms with E-state index in [1.54, 1.807) is 0 Å². The van der Waals surface area contributed by atoms with E-state index in [-0.39, 0.29) is 49.2 Å². The smallest absolute Gasteiger partial charge is 0.358 e. The van der Waals surface area contributed by atoms with Crippen molar-refractivity contribution in [3.05, 3.63) is 54.0 Å². The minimum atomic E-state index is 0. The van der Waals surface area contributed by atoms with Gasteiger partial charge in [-0.15, -0.1) is 0 Å². The van der Waals surface area contributed by atoms with E-state index in [0.29, 0.717) is 0 Å². The predicted molar refractivity (Wildman–Crippen MR) is 108 cm³/mol. The third-order valence-corrected chi connectivity index (χ3v) is 5.48. The fraction of sp³-hybridized carbons (Fsp3) is 0.636. The van der Waals surface area contributed by atoms with Gasteiger partial charge in [0.2, 0.25) is 0 Å². The third-order valence-electron chi connectivity index (χ3n) is 5.48. The van der Waals surface area contributed by atoms with Crippen LogP contribution in [0.3, 0.4) is 0 Å². The van der Waals surface area contributed by atoms with Crippen LogP contribution in [0.1, 0.15) is 60.3 Å². The average Bonchev–Trinajstić information content (AvgIpc) is 2.48. The molecule has 140 valence electrons. The Kier molecular flexibility index (Phi) is 27.6. The van der Waals surface area contributed by atoms with E-state index in [4.69, 9.17) is 0 Å². The zero-order valence-electron chi connectivity index (χ0n) is 17.4. The van der Waals surface area contributed by atoms with Crippen LogP contribution in [0.4, 0.5) is 0 Å². The van der Waals surface area contributed by atoms with E-state index in [0.717, 1.165) is 29.6 Å². The molecule has 0 spiro atoms. The van der Waals surface area contributed by atoms with E-state index < -0.39 is 0 Å². The van der Waals surface area contributed by atoms with Gasteiger partial charge in [-0.2, -0.15) is 0 Å². The summed E-state index contributed by atoms with van der Waals surface area (Å²) >= 11 is 0. The summed E-state index contributed by atoms with van der Waals surface area (Å²) in [5.41, 5.74) is 0. The van der Waals surface area contributed by atoms with Gasteiger partial charge in [0.25, 0.3) is 0 Å². The van der Waals surface area contributed by atoms with Crippen LogP contribution >= 0.6 is 0 Å². The number of hydrogen-bond donors (Lipinski definition) is 0. The fourth-order valence-electron chi connectivity index (χ4n) is 3.25. The fourth-order valence-corrected chi connectivity index (χ4v) is 3.25. The quantitative estimate of drug-likeness (QED) is 0.219. The molecule has 0 radical (unpaired) electrons. The van der Waals surface area contributed by atoms with Crippen LogP contribution < -0.4 is 0 Å². The normalized spacial score (nSPS) is 32.5. The molecular weight excluding hydrogens is 365 g/mol. The maximum absolute atomic E-state index is 2.40. The van der Waals surface area contributed by atoms with Crippen molar-refractivity contribution >= 4 is 0 Å². The van der Waals surface area contributed by atoms with Gasteiger partial charge >= 0.3 is 19.5 Å². The van der Waals surface area contributed by atoms with Crippen LogP contribution in [0.15, 0.2) is 24.3 Å². The third kappa shape index (κ3) is 11.3.